The molecule has 0 bridgehead atoms. The lowest BCUT2D eigenvalue weighted by atomic mass is 10.1. The lowest BCUT2D eigenvalue weighted by molar-refractivity contribution is -0.122. The number of nitrogens with one attached hydrogen (secondary N) is 1. The molecule has 112 valence electrons. The van der Waals surface area contributed by atoms with Gasteiger partial charge in [0.15, 0.2) is 0 Å². The molecular weight excluding hydrogens is 254 g/mol. The molecule has 2 N–H and O–H groups in total. The molecule has 20 heavy (non-hydrogen) atoms. The molecule has 1 amide bonds. The number of hydrogen-bond acceptors (Lipinski definition) is 3. The Morgan fingerprint density at radius 1 is 1.25 bits per heavy atom. The molecule has 0 aliphatic heterocycles. The van der Waals surface area contributed by atoms with E-state index in [4.69, 9.17) is 9.84 Å². The monoisotopic (exact) mass is 279 g/mol. The van der Waals surface area contributed by atoms with Crippen LogP contribution in [0.4, 0.5) is 0 Å². The molecule has 0 saturated heterocycles. The fourth-order valence-electron chi connectivity index (χ4n) is 1.98. The summed E-state index contributed by atoms with van der Waals surface area (Å²) in [6.07, 6.45) is 0.288. The maximum Gasteiger partial charge on any atom is 0.223 e. The first-order valence-corrected chi connectivity index (χ1v) is 7.03. The molecule has 0 fully saturated rings. The van der Waals surface area contributed by atoms with Crippen LogP contribution in [0.1, 0.15) is 31.4 Å². The van der Waals surface area contributed by atoms with Crippen molar-refractivity contribution in [2.24, 2.45) is 5.92 Å². The van der Waals surface area contributed by atoms with Gasteiger partial charge in [-0.2, -0.15) is 0 Å². The smallest absolute Gasteiger partial charge is 0.223 e. The minimum Gasteiger partial charge on any atom is -0.493 e. The lowest BCUT2D eigenvalue weighted by Gasteiger charge is -2.19. The van der Waals surface area contributed by atoms with Gasteiger partial charge in [0.25, 0.3) is 0 Å². The summed E-state index contributed by atoms with van der Waals surface area (Å²) in [5.41, 5.74) is 2.29. The van der Waals surface area contributed by atoms with Crippen molar-refractivity contribution in [3.05, 3.63) is 29.3 Å². The molecule has 1 unspecified atom stereocenters. The zero-order chi connectivity index (χ0) is 15.1. The Kier molecular flexibility index (Phi) is 6.52. The van der Waals surface area contributed by atoms with Crippen LogP contribution < -0.4 is 10.1 Å². The van der Waals surface area contributed by atoms with E-state index in [1.165, 1.54) is 0 Å². The summed E-state index contributed by atoms with van der Waals surface area (Å²) in [4.78, 5) is 11.7. The van der Waals surface area contributed by atoms with Crippen molar-refractivity contribution < 1.29 is 14.6 Å². The molecule has 1 atom stereocenters. The van der Waals surface area contributed by atoms with Gasteiger partial charge in [-0.1, -0.05) is 19.9 Å². The first-order chi connectivity index (χ1) is 9.42. The fourth-order valence-corrected chi connectivity index (χ4v) is 1.98. The Balaban J connectivity index is 2.38. The van der Waals surface area contributed by atoms with Gasteiger partial charge in [0.2, 0.25) is 5.91 Å². The van der Waals surface area contributed by atoms with Crippen LogP contribution in [0.2, 0.25) is 0 Å². The van der Waals surface area contributed by atoms with Crippen molar-refractivity contribution in [1.29, 1.82) is 0 Å². The molecule has 1 aromatic rings. The molecule has 0 saturated carbocycles. The van der Waals surface area contributed by atoms with Gasteiger partial charge in [-0.15, -0.1) is 0 Å². The first-order valence-electron chi connectivity index (χ1n) is 7.03. The van der Waals surface area contributed by atoms with Gasteiger partial charge in [-0.05, 0) is 43.0 Å². The van der Waals surface area contributed by atoms with Gasteiger partial charge >= 0.3 is 0 Å². The number of ether oxygens (including phenoxy) is 1. The van der Waals surface area contributed by atoms with Gasteiger partial charge in [-0.25, -0.2) is 0 Å². The van der Waals surface area contributed by atoms with Gasteiger partial charge in [0, 0.05) is 0 Å². The Morgan fingerprint density at radius 3 is 2.35 bits per heavy atom. The van der Waals surface area contributed by atoms with Crippen LogP contribution in [-0.2, 0) is 4.79 Å². The van der Waals surface area contributed by atoms with Gasteiger partial charge in [0.05, 0.1) is 25.7 Å². The topological polar surface area (TPSA) is 58.6 Å². The highest BCUT2D eigenvalue weighted by Gasteiger charge is 2.14. The van der Waals surface area contributed by atoms with E-state index in [1.54, 1.807) is 0 Å². The SMILES string of the molecule is Cc1cc(C)cc(OCCC(=O)NC(CO)C(C)C)c1. The Labute approximate surface area is 121 Å². The molecule has 0 radical (unpaired) electrons. The molecule has 1 aromatic carbocycles. The predicted molar refractivity (Wildman–Crippen MR) is 79.9 cm³/mol. The zero-order valence-corrected chi connectivity index (χ0v) is 12.8. The second kappa shape index (κ2) is 7.90. The van der Waals surface area contributed by atoms with E-state index in [9.17, 15) is 4.79 Å². The summed E-state index contributed by atoms with van der Waals surface area (Å²) in [6, 6.07) is 5.79. The number of benzene rings is 1. The predicted octanol–water partition coefficient (Wildman–Crippen LogP) is 2.21. The standard InChI is InChI=1S/C16H25NO3/c1-11(2)15(10-18)17-16(19)5-6-20-14-8-12(3)7-13(4)9-14/h7-9,11,15,18H,5-6,10H2,1-4H3,(H,17,19). The third-order valence-corrected chi connectivity index (χ3v) is 3.14. The highest BCUT2D eigenvalue weighted by atomic mass is 16.5. The third kappa shape index (κ3) is 5.61. The second-order valence-electron chi connectivity index (χ2n) is 5.52. The summed E-state index contributed by atoms with van der Waals surface area (Å²) < 4.78 is 5.59. The van der Waals surface area contributed by atoms with Crippen molar-refractivity contribution in [2.75, 3.05) is 13.2 Å². The van der Waals surface area contributed by atoms with Crippen LogP contribution in [0, 0.1) is 19.8 Å². The third-order valence-electron chi connectivity index (χ3n) is 3.14. The van der Waals surface area contributed by atoms with Crippen LogP contribution in [0.5, 0.6) is 5.75 Å². The number of hydrogen-bond donors (Lipinski definition) is 2. The van der Waals surface area contributed by atoms with Crippen LogP contribution in [0.25, 0.3) is 0 Å². The summed E-state index contributed by atoms with van der Waals surface area (Å²) in [5.74, 6) is 0.907. The average molecular weight is 279 g/mol. The van der Waals surface area contributed by atoms with Crippen molar-refractivity contribution in [3.8, 4) is 5.75 Å². The van der Waals surface area contributed by atoms with Crippen LogP contribution in [-0.4, -0.2) is 30.3 Å². The van der Waals surface area contributed by atoms with E-state index >= 15 is 0 Å². The zero-order valence-electron chi connectivity index (χ0n) is 12.8. The number of carbonyl (C=O) groups excluding carboxylic acids is 1. The van der Waals surface area contributed by atoms with Crippen LogP contribution in [0.15, 0.2) is 18.2 Å². The van der Waals surface area contributed by atoms with Gasteiger partial charge in [-0.3, -0.25) is 4.79 Å². The highest BCUT2D eigenvalue weighted by Crippen LogP contribution is 2.16. The fraction of sp³-hybridized carbons (Fsp3) is 0.562. The number of rotatable bonds is 7. The number of amides is 1. The van der Waals surface area contributed by atoms with E-state index in [0.717, 1.165) is 16.9 Å². The minimum absolute atomic E-state index is 0.0403. The minimum atomic E-state index is -0.191. The van der Waals surface area contributed by atoms with E-state index in [-0.39, 0.29) is 30.9 Å². The van der Waals surface area contributed by atoms with E-state index in [2.05, 4.69) is 11.4 Å². The van der Waals surface area contributed by atoms with Crippen molar-refractivity contribution in [2.45, 2.75) is 40.2 Å². The van der Waals surface area contributed by atoms with Crippen LogP contribution >= 0.6 is 0 Å². The molecule has 0 spiro atoms. The second-order valence-corrected chi connectivity index (χ2v) is 5.52. The molecule has 0 aliphatic carbocycles. The van der Waals surface area contributed by atoms with Crippen molar-refractivity contribution in [1.82, 2.24) is 5.32 Å². The van der Waals surface area contributed by atoms with Gasteiger partial charge < -0.3 is 15.2 Å². The largest absolute Gasteiger partial charge is 0.493 e. The molecule has 1 rings (SSSR count). The quantitative estimate of drug-likeness (QED) is 0.804. The van der Waals surface area contributed by atoms with E-state index in [0.29, 0.717) is 6.61 Å². The summed E-state index contributed by atoms with van der Waals surface area (Å²) in [5, 5.41) is 12.0. The van der Waals surface area contributed by atoms with Crippen LogP contribution in [0.3, 0.4) is 0 Å². The summed E-state index contributed by atoms with van der Waals surface area (Å²) in [6.45, 7) is 8.26. The molecule has 0 aromatic heterocycles. The highest BCUT2D eigenvalue weighted by molar-refractivity contribution is 5.76. The van der Waals surface area contributed by atoms with Crippen molar-refractivity contribution in [3.63, 3.8) is 0 Å². The molecule has 0 heterocycles. The summed E-state index contributed by atoms with van der Waals surface area (Å²) >= 11 is 0. The van der Waals surface area contributed by atoms with E-state index < -0.39 is 0 Å². The molecular formula is C16H25NO3. The normalized spacial score (nSPS) is 12.3. The maximum absolute atomic E-state index is 11.7. The number of aliphatic hydroxyl groups excluding tert-OH is 1. The maximum atomic E-state index is 11.7. The molecule has 4 heteroatoms. The number of aliphatic hydroxyl groups is 1. The Morgan fingerprint density at radius 2 is 1.85 bits per heavy atom. The number of aryl methyl sites for hydroxylation is 2. The van der Waals surface area contributed by atoms with Crippen molar-refractivity contribution >= 4 is 5.91 Å². The van der Waals surface area contributed by atoms with E-state index in [1.807, 2.05) is 39.8 Å². The number of carbonyl (C=O) groups is 1. The average Bonchev–Trinajstić information content (AvgIpc) is 2.34. The van der Waals surface area contributed by atoms with Gasteiger partial charge in [0.1, 0.15) is 5.75 Å². The molecule has 0 aliphatic rings. The Bertz CT molecular complexity index is 423. The summed E-state index contributed by atoms with van der Waals surface area (Å²) in [7, 11) is 0. The lowest BCUT2D eigenvalue weighted by Crippen LogP contribution is -2.41. The first kappa shape index (κ1) is 16.5. The molecule has 4 nitrogen and oxygen atoms in total. The Hall–Kier alpha value is -1.55.